The highest BCUT2D eigenvalue weighted by Gasteiger charge is 2.23. The van der Waals surface area contributed by atoms with E-state index >= 15 is 0 Å². The van der Waals surface area contributed by atoms with Gasteiger partial charge in [0.15, 0.2) is 0 Å². The van der Waals surface area contributed by atoms with Crippen LogP contribution in [0.5, 0.6) is 0 Å². The largest absolute Gasteiger partial charge is 0.379 e. The Morgan fingerprint density at radius 2 is 2.00 bits per heavy atom. The Morgan fingerprint density at radius 1 is 1.23 bits per heavy atom. The van der Waals surface area contributed by atoms with Crippen LogP contribution in [-0.2, 0) is 4.74 Å². The number of ether oxygens (including phenoxy) is 1. The molecule has 0 saturated carbocycles. The van der Waals surface area contributed by atoms with Crippen LogP contribution in [0, 0.1) is 0 Å². The summed E-state index contributed by atoms with van der Waals surface area (Å²) in [6.07, 6.45) is 1.50. The predicted octanol–water partition coefficient (Wildman–Crippen LogP) is 2.29. The van der Waals surface area contributed by atoms with Gasteiger partial charge in [-0.2, -0.15) is 4.52 Å². The van der Waals surface area contributed by atoms with Gasteiger partial charge in [-0.3, -0.25) is 9.69 Å². The van der Waals surface area contributed by atoms with Crippen LogP contribution in [0.25, 0.3) is 4.96 Å². The first-order valence-electron chi connectivity index (χ1n) is 8.37. The van der Waals surface area contributed by atoms with E-state index in [-0.39, 0.29) is 11.6 Å². The zero-order chi connectivity index (χ0) is 17.9. The smallest absolute Gasteiger partial charge is 0.275 e. The Balaban J connectivity index is 1.56. The topological polar surface area (TPSA) is 71.8 Å². The molecule has 1 aromatic carbocycles. The van der Waals surface area contributed by atoms with Crippen LogP contribution < -0.4 is 10.9 Å². The number of hydrogen-bond acceptors (Lipinski definition) is 7. The molecule has 1 unspecified atom stereocenters. The molecule has 4 rings (SSSR count). The van der Waals surface area contributed by atoms with Crippen molar-refractivity contribution in [2.24, 2.45) is 0 Å². The Labute approximate surface area is 159 Å². The van der Waals surface area contributed by atoms with Gasteiger partial charge in [-0.05, 0) is 17.7 Å². The zero-order valence-corrected chi connectivity index (χ0v) is 15.5. The summed E-state index contributed by atoms with van der Waals surface area (Å²) in [7, 11) is 0. The second kappa shape index (κ2) is 7.71. The number of rotatable bonds is 5. The van der Waals surface area contributed by atoms with Crippen molar-refractivity contribution in [3.05, 3.63) is 57.5 Å². The van der Waals surface area contributed by atoms with Gasteiger partial charge in [0.05, 0.1) is 19.3 Å². The van der Waals surface area contributed by atoms with E-state index in [2.05, 4.69) is 32.4 Å². The molecule has 26 heavy (non-hydrogen) atoms. The summed E-state index contributed by atoms with van der Waals surface area (Å²) < 4.78 is 6.80. The molecule has 9 heteroatoms. The first kappa shape index (κ1) is 17.4. The minimum Gasteiger partial charge on any atom is -0.379 e. The molecule has 1 N–H and O–H groups in total. The molecule has 2 aromatic heterocycles. The lowest BCUT2D eigenvalue weighted by molar-refractivity contribution is 0.0187. The van der Waals surface area contributed by atoms with Gasteiger partial charge in [0.1, 0.15) is 0 Å². The van der Waals surface area contributed by atoms with Gasteiger partial charge in [0.25, 0.3) is 5.56 Å². The first-order valence-corrected chi connectivity index (χ1v) is 9.56. The van der Waals surface area contributed by atoms with E-state index in [9.17, 15) is 4.79 Å². The fourth-order valence-corrected chi connectivity index (χ4v) is 3.94. The molecular weight excluding hydrogens is 374 g/mol. The van der Waals surface area contributed by atoms with Crippen molar-refractivity contribution in [2.45, 2.75) is 6.04 Å². The number of halogens is 1. The molecule has 1 atom stereocenters. The van der Waals surface area contributed by atoms with Gasteiger partial charge in [0, 0.05) is 36.9 Å². The molecule has 0 aliphatic carbocycles. The Bertz CT molecular complexity index is 936. The van der Waals surface area contributed by atoms with Crippen LogP contribution in [0.2, 0.25) is 5.02 Å². The van der Waals surface area contributed by atoms with E-state index in [0.717, 1.165) is 31.3 Å². The fraction of sp³-hybridized carbons (Fsp3) is 0.353. The van der Waals surface area contributed by atoms with E-state index < -0.39 is 0 Å². The van der Waals surface area contributed by atoms with E-state index in [1.54, 1.807) is 0 Å². The molecule has 1 aliphatic rings. The van der Waals surface area contributed by atoms with Crippen LogP contribution in [0.4, 0.5) is 5.13 Å². The van der Waals surface area contributed by atoms with Gasteiger partial charge in [0.2, 0.25) is 10.1 Å². The lowest BCUT2D eigenvalue weighted by atomic mass is 10.0. The van der Waals surface area contributed by atoms with Gasteiger partial charge in [-0.1, -0.05) is 35.1 Å². The molecule has 1 saturated heterocycles. The summed E-state index contributed by atoms with van der Waals surface area (Å²) in [5.41, 5.74) is 1.00. The standard InChI is InChI=1S/C17H18ClN5O2S/c18-13-3-1-12(2-4-13)14(22-7-9-25-10-8-22)11-20-16-21-23-15(24)5-6-19-17(23)26-16/h1-6,14H,7-11H2,(H,20,21). The van der Waals surface area contributed by atoms with Crippen molar-refractivity contribution in [3.63, 3.8) is 0 Å². The Hall–Kier alpha value is -2.00. The van der Waals surface area contributed by atoms with E-state index in [0.29, 0.717) is 16.6 Å². The molecule has 0 spiro atoms. The molecular formula is C17H18ClN5O2S. The van der Waals surface area contributed by atoms with Crippen molar-refractivity contribution in [1.29, 1.82) is 0 Å². The summed E-state index contributed by atoms with van der Waals surface area (Å²) in [4.78, 5) is 19.0. The summed E-state index contributed by atoms with van der Waals surface area (Å²) in [5.74, 6) is 0. The number of hydrogen-bond donors (Lipinski definition) is 1. The summed E-state index contributed by atoms with van der Waals surface area (Å²) in [5, 5.41) is 9.08. The van der Waals surface area contributed by atoms with Crippen molar-refractivity contribution >= 4 is 33.0 Å². The number of aromatic nitrogens is 3. The average molecular weight is 392 g/mol. The molecule has 136 valence electrons. The van der Waals surface area contributed by atoms with Crippen molar-refractivity contribution < 1.29 is 4.74 Å². The van der Waals surface area contributed by atoms with E-state index in [1.807, 2.05) is 12.1 Å². The van der Waals surface area contributed by atoms with Crippen LogP contribution in [-0.4, -0.2) is 52.3 Å². The monoisotopic (exact) mass is 391 g/mol. The molecule has 7 nitrogen and oxygen atoms in total. The highest BCUT2D eigenvalue weighted by molar-refractivity contribution is 7.20. The minimum absolute atomic E-state index is 0.160. The predicted molar refractivity (Wildman–Crippen MR) is 102 cm³/mol. The number of morpholine rings is 1. The summed E-state index contributed by atoms with van der Waals surface area (Å²) in [6.45, 7) is 3.86. The highest BCUT2D eigenvalue weighted by atomic mass is 35.5. The number of nitrogens with zero attached hydrogens (tertiary/aromatic N) is 4. The molecule has 1 aliphatic heterocycles. The minimum atomic E-state index is -0.179. The first-order chi connectivity index (χ1) is 12.7. The van der Waals surface area contributed by atoms with Gasteiger partial charge in [-0.25, -0.2) is 4.98 Å². The number of anilines is 1. The Kier molecular flexibility index (Phi) is 5.16. The molecule has 0 amide bonds. The molecule has 0 radical (unpaired) electrons. The van der Waals surface area contributed by atoms with Crippen LogP contribution in [0.15, 0.2) is 41.3 Å². The molecule has 1 fully saturated rings. The van der Waals surface area contributed by atoms with Crippen molar-refractivity contribution in [3.8, 4) is 0 Å². The van der Waals surface area contributed by atoms with Gasteiger partial charge < -0.3 is 10.1 Å². The van der Waals surface area contributed by atoms with Crippen LogP contribution in [0.1, 0.15) is 11.6 Å². The van der Waals surface area contributed by atoms with Crippen LogP contribution in [0.3, 0.4) is 0 Å². The zero-order valence-electron chi connectivity index (χ0n) is 14.0. The Morgan fingerprint density at radius 3 is 2.73 bits per heavy atom. The molecule has 3 aromatic rings. The number of fused-ring (bicyclic) bond motifs is 1. The van der Waals surface area contributed by atoms with Crippen molar-refractivity contribution in [1.82, 2.24) is 19.5 Å². The maximum Gasteiger partial charge on any atom is 0.275 e. The lowest BCUT2D eigenvalue weighted by Crippen LogP contribution is -2.41. The van der Waals surface area contributed by atoms with E-state index in [4.69, 9.17) is 16.3 Å². The maximum atomic E-state index is 11.8. The highest BCUT2D eigenvalue weighted by Crippen LogP contribution is 2.25. The third-order valence-corrected chi connectivity index (χ3v) is 5.49. The third kappa shape index (κ3) is 3.73. The SMILES string of the molecule is O=c1ccnc2sc(NCC(c3ccc(Cl)cc3)N3CCOCC3)nn12. The molecule has 0 bridgehead atoms. The average Bonchev–Trinajstić information content (AvgIpc) is 3.09. The van der Waals surface area contributed by atoms with Crippen LogP contribution >= 0.6 is 22.9 Å². The summed E-state index contributed by atoms with van der Waals surface area (Å²) in [6, 6.07) is 9.48. The quantitative estimate of drug-likeness (QED) is 0.719. The van der Waals surface area contributed by atoms with Gasteiger partial charge >= 0.3 is 0 Å². The fourth-order valence-electron chi connectivity index (χ4n) is 3.03. The lowest BCUT2D eigenvalue weighted by Gasteiger charge is -2.34. The summed E-state index contributed by atoms with van der Waals surface area (Å²) >= 11 is 7.40. The normalized spacial score (nSPS) is 16.7. The number of nitrogens with one attached hydrogen (secondary N) is 1. The van der Waals surface area contributed by atoms with E-state index in [1.165, 1.54) is 33.7 Å². The maximum absolute atomic E-state index is 11.8. The van der Waals surface area contributed by atoms with Gasteiger partial charge in [-0.15, -0.1) is 5.10 Å². The second-order valence-electron chi connectivity index (χ2n) is 5.98. The van der Waals surface area contributed by atoms with Crippen molar-refractivity contribution in [2.75, 3.05) is 38.2 Å². The molecule has 3 heterocycles. The number of benzene rings is 1. The third-order valence-electron chi connectivity index (χ3n) is 4.36. The second-order valence-corrected chi connectivity index (χ2v) is 7.37.